The van der Waals surface area contributed by atoms with Gasteiger partial charge in [0.25, 0.3) is 0 Å². The highest BCUT2D eigenvalue weighted by molar-refractivity contribution is 5.79. The molecule has 5 rings (SSSR count). The largest absolute Gasteiger partial charge is 0.449 e. The fourth-order valence-electron chi connectivity index (χ4n) is 6.23. The maximum Gasteiger partial charge on any atom is 0.407 e. The minimum Gasteiger partial charge on any atom is -0.449 e. The van der Waals surface area contributed by atoms with Crippen LogP contribution >= 0.6 is 0 Å². The van der Waals surface area contributed by atoms with Gasteiger partial charge in [-0.3, -0.25) is 4.79 Å². The molecule has 0 bridgehead atoms. The van der Waals surface area contributed by atoms with Crippen LogP contribution in [0.1, 0.15) is 42.9 Å². The lowest BCUT2D eigenvalue weighted by atomic mass is 9.96. The molecule has 10 nitrogen and oxygen atoms in total. The van der Waals surface area contributed by atoms with Gasteiger partial charge >= 0.3 is 6.09 Å². The molecule has 0 spiro atoms. The molecule has 3 aromatic carbocycles. The van der Waals surface area contributed by atoms with E-state index in [-0.39, 0.29) is 38.0 Å². The Kier molecular flexibility index (Phi) is 12.2. The number of rotatable bonds is 15. The molecule has 5 atom stereocenters. The summed E-state index contributed by atoms with van der Waals surface area (Å²) in [6.07, 6.45) is -2.88. The Hall–Kier alpha value is -3.80. The van der Waals surface area contributed by atoms with Gasteiger partial charge in [0.05, 0.1) is 13.2 Å². The minimum atomic E-state index is -0.780. The van der Waals surface area contributed by atoms with Gasteiger partial charge in [-0.15, -0.1) is 0 Å². The van der Waals surface area contributed by atoms with E-state index in [1.807, 2.05) is 68.4 Å². The third-order valence-corrected chi connectivity index (χ3v) is 8.29. The molecule has 246 valence electrons. The number of hydrogen-bond donors (Lipinski definition) is 2. The highest BCUT2D eigenvalue weighted by atomic mass is 16.7. The third-order valence-electron chi connectivity index (χ3n) is 8.29. The number of hydrogen-bond acceptors (Lipinski definition) is 8. The zero-order valence-electron chi connectivity index (χ0n) is 26.7. The Morgan fingerprint density at radius 2 is 1.46 bits per heavy atom. The lowest BCUT2D eigenvalue weighted by Gasteiger charge is -2.45. The van der Waals surface area contributed by atoms with Gasteiger partial charge < -0.3 is 39.1 Å². The molecule has 2 amide bonds. The summed E-state index contributed by atoms with van der Waals surface area (Å²) in [5.74, 6) is -0.337. The first-order chi connectivity index (χ1) is 22.5. The molecule has 10 heteroatoms. The number of ether oxygens (including phenoxy) is 6. The molecular formula is C36H44N2O8. The summed E-state index contributed by atoms with van der Waals surface area (Å²) in [7, 11) is 1.59. The van der Waals surface area contributed by atoms with Gasteiger partial charge in [-0.2, -0.15) is 0 Å². The summed E-state index contributed by atoms with van der Waals surface area (Å²) < 4.78 is 35.7. The number of amides is 2. The molecule has 1 fully saturated rings. The number of carbonyl (C=O) groups is 2. The minimum absolute atomic E-state index is 0.0274. The molecule has 0 saturated carbocycles. The Bertz CT molecular complexity index is 1370. The van der Waals surface area contributed by atoms with Crippen LogP contribution in [-0.4, -0.2) is 82.7 Å². The number of methoxy groups -OCH3 is 1. The van der Waals surface area contributed by atoms with Crippen molar-refractivity contribution in [3.63, 3.8) is 0 Å². The second kappa shape index (κ2) is 16.7. The normalized spacial score (nSPS) is 22.1. The van der Waals surface area contributed by atoms with Crippen molar-refractivity contribution >= 4 is 12.0 Å². The molecule has 0 aromatic heterocycles. The van der Waals surface area contributed by atoms with E-state index in [2.05, 4.69) is 34.9 Å². The van der Waals surface area contributed by atoms with Crippen LogP contribution in [0, 0.1) is 0 Å². The number of carbonyl (C=O) groups excluding carboxylic acids is 2. The number of fused-ring (bicyclic) bond motifs is 3. The van der Waals surface area contributed by atoms with E-state index < -0.39 is 36.7 Å². The lowest BCUT2D eigenvalue weighted by molar-refractivity contribution is -0.282. The Morgan fingerprint density at radius 1 is 0.804 bits per heavy atom. The van der Waals surface area contributed by atoms with Gasteiger partial charge in [-0.1, -0.05) is 78.9 Å². The van der Waals surface area contributed by atoms with Crippen LogP contribution in [0.3, 0.4) is 0 Å². The van der Waals surface area contributed by atoms with Crippen LogP contribution in [0.5, 0.6) is 0 Å². The van der Waals surface area contributed by atoms with Crippen molar-refractivity contribution < 1.29 is 38.0 Å². The Labute approximate surface area is 270 Å². The summed E-state index contributed by atoms with van der Waals surface area (Å²) >= 11 is 0. The van der Waals surface area contributed by atoms with Gasteiger partial charge in [0.2, 0.25) is 5.91 Å². The molecule has 1 saturated heterocycles. The third kappa shape index (κ3) is 8.12. The first kappa shape index (κ1) is 33.6. The van der Waals surface area contributed by atoms with Crippen molar-refractivity contribution in [2.24, 2.45) is 0 Å². The Balaban J connectivity index is 1.12. The maximum absolute atomic E-state index is 13.1. The summed E-state index contributed by atoms with van der Waals surface area (Å²) in [5.41, 5.74) is 5.64. The topological polar surface area (TPSA) is 114 Å². The molecule has 0 radical (unpaired) electrons. The van der Waals surface area contributed by atoms with E-state index in [1.165, 1.54) is 0 Å². The fraction of sp³-hybridized carbons (Fsp3) is 0.444. The Morgan fingerprint density at radius 3 is 2.11 bits per heavy atom. The SMILES string of the molecule is CCOC1OC(COCc2ccccc2)[C@H](OC)[C@H](OCC)C1NC(=O)CCNC(=O)OCC1c2ccccc2-c2ccccc21. The zero-order chi connectivity index (χ0) is 32.3. The molecule has 2 N–H and O–H groups in total. The summed E-state index contributed by atoms with van der Waals surface area (Å²) in [6.45, 7) is 5.49. The van der Waals surface area contributed by atoms with Crippen LogP contribution in [0.25, 0.3) is 11.1 Å². The maximum atomic E-state index is 13.1. The first-order valence-electron chi connectivity index (χ1n) is 15.9. The smallest absolute Gasteiger partial charge is 0.407 e. The summed E-state index contributed by atoms with van der Waals surface area (Å²) in [4.78, 5) is 25.7. The van der Waals surface area contributed by atoms with Crippen molar-refractivity contribution in [3.8, 4) is 11.1 Å². The molecular weight excluding hydrogens is 588 g/mol. The zero-order valence-corrected chi connectivity index (χ0v) is 26.7. The summed E-state index contributed by atoms with van der Waals surface area (Å²) in [5, 5.41) is 5.70. The van der Waals surface area contributed by atoms with E-state index in [0.29, 0.717) is 19.8 Å². The van der Waals surface area contributed by atoms with Gasteiger partial charge in [0, 0.05) is 39.2 Å². The van der Waals surface area contributed by atoms with Gasteiger partial charge in [0.15, 0.2) is 6.29 Å². The fourth-order valence-corrected chi connectivity index (χ4v) is 6.23. The van der Waals surface area contributed by atoms with E-state index in [4.69, 9.17) is 28.4 Å². The molecule has 46 heavy (non-hydrogen) atoms. The first-order valence-corrected chi connectivity index (χ1v) is 15.9. The van der Waals surface area contributed by atoms with Crippen LogP contribution in [0.15, 0.2) is 78.9 Å². The average Bonchev–Trinajstić information content (AvgIpc) is 3.39. The van der Waals surface area contributed by atoms with Crippen molar-refractivity contribution in [2.75, 3.05) is 40.1 Å². The van der Waals surface area contributed by atoms with Crippen LogP contribution in [-0.2, 0) is 39.8 Å². The summed E-state index contributed by atoms with van der Waals surface area (Å²) in [6, 6.07) is 25.6. The van der Waals surface area contributed by atoms with Crippen LogP contribution in [0.2, 0.25) is 0 Å². The predicted octanol–water partition coefficient (Wildman–Crippen LogP) is 4.80. The molecule has 1 aliphatic carbocycles. The van der Waals surface area contributed by atoms with E-state index >= 15 is 0 Å². The second-order valence-electron chi connectivity index (χ2n) is 11.2. The standard InChI is InChI=1S/C36H44N2O8/c1-4-43-34-32(35(44-5-2)46-30(33(34)41-3)23-42-21-24-13-7-6-8-14-24)38-31(39)19-20-37-36(40)45-22-29-27-17-11-9-15-25(27)26-16-10-12-18-28(26)29/h6-18,29-30,32-35H,4-5,19-23H2,1-3H3,(H,37,40)(H,38,39)/t30?,32?,33-,34+,35?/m0/s1. The van der Waals surface area contributed by atoms with Crippen molar-refractivity contribution in [3.05, 3.63) is 95.6 Å². The second-order valence-corrected chi connectivity index (χ2v) is 11.2. The monoisotopic (exact) mass is 632 g/mol. The average molecular weight is 633 g/mol. The molecule has 3 unspecified atom stereocenters. The van der Waals surface area contributed by atoms with Crippen molar-refractivity contribution in [1.82, 2.24) is 10.6 Å². The van der Waals surface area contributed by atoms with E-state index in [1.54, 1.807) is 7.11 Å². The number of alkyl carbamates (subject to hydrolysis) is 1. The highest BCUT2D eigenvalue weighted by Gasteiger charge is 2.48. The molecule has 1 aliphatic heterocycles. The quantitative estimate of drug-likeness (QED) is 0.246. The molecule has 1 heterocycles. The van der Waals surface area contributed by atoms with E-state index in [9.17, 15) is 9.59 Å². The van der Waals surface area contributed by atoms with Crippen molar-refractivity contribution in [1.29, 1.82) is 0 Å². The van der Waals surface area contributed by atoms with Gasteiger partial charge in [-0.05, 0) is 41.7 Å². The van der Waals surface area contributed by atoms with Gasteiger partial charge in [-0.25, -0.2) is 4.79 Å². The van der Waals surface area contributed by atoms with Crippen LogP contribution in [0.4, 0.5) is 4.79 Å². The van der Waals surface area contributed by atoms with Crippen LogP contribution < -0.4 is 10.6 Å². The highest BCUT2D eigenvalue weighted by Crippen LogP contribution is 2.44. The van der Waals surface area contributed by atoms with E-state index in [0.717, 1.165) is 27.8 Å². The molecule has 3 aromatic rings. The predicted molar refractivity (Wildman–Crippen MR) is 172 cm³/mol. The number of benzene rings is 3. The van der Waals surface area contributed by atoms with Crippen molar-refractivity contribution in [2.45, 2.75) is 63.4 Å². The van der Waals surface area contributed by atoms with Gasteiger partial charge in [0.1, 0.15) is 31.0 Å². The molecule has 2 aliphatic rings. The lowest BCUT2D eigenvalue weighted by Crippen LogP contribution is -2.66. The number of nitrogens with one attached hydrogen (secondary N) is 2.